The zero-order valence-electron chi connectivity index (χ0n) is 8.47. The van der Waals surface area contributed by atoms with E-state index in [0.717, 1.165) is 18.1 Å². The number of halogens is 1. The lowest BCUT2D eigenvalue weighted by atomic mass is 10.1. The van der Waals surface area contributed by atoms with Crippen LogP contribution in [0.1, 0.15) is 18.1 Å². The molecule has 13 heavy (non-hydrogen) atoms. The predicted molar refractivity (Wildman–Crippen MR) is 58.2 cm³/mol. The molecule has 0 aromatic heterocycles. The van der Waals surface area contributed by atoms with Crippen molar-refractivity contribution in [3.63, 3.8) is 0 Å². The summed E-state index contributed by atoms with van der Waals surface area (Å²) in [5, 5.41) is 0.875. The molecule has 0 aliphatic heterocycles. The first kappa shape index (κ1) is 10.6. The molecule has 1 rings (SSSR count). The summed E-state index contributed by atoms with van der Waals surface area (Å²) in [5.41, 5.74) is 2.52. The van der Waals surface area contributed by atoms with Crippen LogP contribution in [0.25, 0.3) is 0 Å². The van der Waals surface area contributed by atoms with Crippen molar-refractivity contribution in [2.45, 2.75) is 20.4 Å². The van der Waals surface area contributed by atoms with Gasteiger partial charge in [-0.2, -0.15) is 0 Å². The Bertz CT molecular complexity index is 263. The Morgan fingerprint density at radius 2 is 2.08 bits per heavy atom. The summed E-state index contributed by atoms with van der Waals surface area (Å²) in [4.78, 5) is 2.24. The highest BCUT2D eigenvalue weighted by molar-refractivity contribution is 6.31. The van der Waals surface area contributed by atoms with E-state index in [4.69, 9.17) is 11.6 Å². The standard InChI is InChI=1S/C11H16ClN/c1-4-13(3)8-10-9(2)6-5-7-11(10)12/h5-7H,4,8H2,1-3H3. The Hall–Kier alpha value is -0.530. The van der Waals surface area contributed by atoms with Crippen molar-refractivity contribution < 1.29 is 0 Å². The van der Waals surface area contributed by atoms with Gasteiger partial charge in [0.15, 0.2) is 0 Å². The summed E-state index contributed by atoms with van der Waals surface area (Å²) in [6, 6.07) is 6.05. The Kier molecular flexibility index (Phi) is 3.76. The van der Waals surface area contributed by atoms with Crippen LogP contribution in [0, 0.1) is 6.92 Å². The second-order valence-electron chi connectivity index (χ2n) is 3.37. The fourth-order valence-electron chi connectivity index (χ4n) is 1.25. The maximum atomic E-state index is 6.10. The first-order valence-electron chi connectivity index (χ1n) is 4.57. The zero-order chi connectivity index (χ0) is 9.84. The smallest absolute Gasteiger partial charge is 0.0453 e. The fraction of sp³-hybridized carbons (Fsp3) is 0.455. The summed E-state index contributed by atoms with van der Waals surface area (Å²) in [7, 11) is 2.10. The first-order chi connectivity index (χ1) is 6.15. The maximum Gasteiger partial charge on any atom is 0.0453 e. The molecule has 0 atom stereocenters. The number of aryl methyl sites for hydroxylation is 1. The van der Waals surface area contributed by atoms with Crippen LogP contribution in [0.5, 0.6) is 0 Å². The van der Waals surface area contributed by atoms with Crippen LogP contribution in [-0.2, 0) is 6.54 Å². The largest absolute Gasteiger partial charge is 0.302 e. The van der Waals surface area contributed by atoms with Crippen molar-refractivity contribution in [3.05, 3.63) is 34.3 Å². The molecule has 1 aromatic rings. The van der Waals surface area contributed by atoms with Gasteiger partial charge in [-0.1, -0.05) is 30.7 Å². The molecule has 0 radical (unpaired) electrons. The zero-order valence-corrected chi connectivity index (χ0v) is 9.23. The van der Waals surface area contributed by atoms with Gasteiger partial charge in [-0.15, -0.1) is 0 Å². The first-order valence-corrected chi connectivity index (χ1v) is 4.95. The minimum atomic E-state index is 0.875. The van der Waals surface area contributed by atoms with E-state index in [2.05, 4.69) is 31.9 Å². The highest BCUT2D eigenvalue weighted by atomic mass is 35.5. The summed E-state index contributed by atoms with van der Waals surface area (Å²) >= 11 is 6.10. The average Bonchev–Trinajstić information content (AvgIpc) is 2.11. The highest BCUT2D eigenvalue weighted by Crippen LogP contribution is 2.20. The molecular weight excluding hydrogens is 182 g/mol. The lowest BCUT2D eigenvalue weighted by molar-refractivity contribution is 0.345. The summed E-state index contributed by atoms with van der Waals surface area (Å²) in [5.74, 6) is 0. The second kappa shape index (κ2) is 4.64. The highest BCUT2D eigenvalue weighted by Gasteiger charge is 2.05. The van der Waals surface area contributed by atoms with Crippen LogP contribution in [0.4, 0.5) is 0 Å². The lowest BCUT2D eigenvalue weighted by Crippen LogP contribution is -2.17. The van der Waals surface area contributed by atoms with Crippen LogP contribution in [0.15, 0.2) is 18.2 Å². The molecule has 0 saturated carbocycles. The number of rotatable bonds is 3. The number of nitrogens with zero attached hydrogens (tertiary/aromatic N) is 1. The summed E-state index contributed by atoms with van der Waals surface area (Å²) in [6.07, 6.45) is 0. The molecule has 0 bridgehead atoms. The Balaban J connectivity index is 2.87. The summed E-state index contributed by atoms with van der Waals surface area (Å²) in [6.45, 7) is 6.23. The second-order valence-corrected chi connectivity index (χ2v) is 3.77. The Labute approximate surface area is 85.3 Å². The molecule has 0 saturated heterocycles. The van der Waals surface area contributed by atoms with Crippen molar-refractivity contribution in [1.29, 1.82) is 0 Å². The van der Waals surface area contributed by atoms with Gasteiger partial charge in [0.2, 0.25) is 0 Å². The third-order valence-corrected chi connectivity index (χ3v) is 2.68. The molecule has 1 nitrogen and oxygen atoms in total. The number of benzene rings is 1. The van der Waals surface area contributed by atoms with E-state index in [0.29, 0.717) is 0 Å². The molecule has 0 heterocycles. The topological polar surface area (TPSA) is 3.24 Å². The third kappa shape index (κ3) is 2.71. The van der Waals surface area contributed by atoms with Gasteiger partial charge in [0, 0.05) is 11.6 Å². The van der Waals surface area contributed by atoms with Crippen LogP contribution in [-0.4, -0.2) is 18.5 Å². The van der Waals surface area contributed by atoms with Crippen molar-refractivity contribution in [2.75, 3.05) is 13.6 Å². The Morgan fingerprint density at radius 3 is 2.62 bits per heavy atom. The third-order valence-electron chi connectivity index (χ3n) is 2.32. The SMILES string of the molecule is CCN(C)Cc1c(C)cccc1Cl. The molecule has 0 unspecified atom stereocenters. The molecule has 0 spiro atoms. The molecule has 0 N–H and O–H groups in total. The van der Waals surface area contributed by atoms with Crippen LogP contribution in [0.3, 0.4) is 0 Å². The molecule has 0 fully saturated rings. The van der Waals surface area contributed by atoms with E-state index in [9.17, 15) is 0 Å². The van der Waals surface area contributed by atoms with Crippen molar-refractivity contribution in [1.82, 2.24) is 4.90 Å². The number of hydrogen-bond donors (Lipinski definition) is 0. The van der Waals surface area contributed by atoms with E-state index in [-0.39, 0.29) is 0 Å². The monoisotopic (exact) mass is 197 g/mol. The van der Waals surface area contributed by atoms with Gasteiger partial charge in [0.05, 0.1) is 0 Å². The van der Waals surface area contributed by atoms with E-state index in [1.165, 1.54) is 11.1 Å². The van der Waals surface area contributed by atoms with Crippen LogP contribution >= 0.6 is 11.6 Å². The van der Waals surface area contributed by atoms with Gasteiger partial charge in [-0.05, 0) is 37.7 Å². The Morgan fingerprint density at radius 1 is 1.38 bits per heavy atom. The van der Waals surface area contributed by atoms with Gasteiger partial charge in [-0.3, -0.25) is 0 Å². The minimum Gasteiger partial charge on any atom is -0.302 e. The van der Waals surface area contributed by atoms with Gasteiger partial charge < -0.3 is 4.90 Å². The minimum absolute atomic E-state index is 0.875. The van der Waals surface area contributed by atoms with E-state index in [1.54, 1.807) is 0 Å². The normalized spacial score (nSPS) is 10.8. The van der Waals surface area contributed by atoms with Gasteiger partial charge in [0.25, 0.3) is 0 Å². The summed E-state index contributed by atoms with van der Waals surface area (Å²) < 4.78 is 0. The van der Waals surface area contributed by atoms with Crippen molar-refractivity contribution in [3.8, 4) is 0 Å². The molecule has 0 amide bonds. The molecule has 2 heteroatoms. The van der Waals surface area contributed by atoms with Gasteiger partial charge in [0.1, 0.15) is 0 Å². The van der Waals surface area contributed by atoms with Crippen molar-refractivity contribution >= 4 is 11.6 Å². The van der Waals surface area contributed by atoms with E-state index >= 15 is 0 Å². The van der Waals surface area contributed by atoms with Gasteiger partial charge >= 0.3 is 0 Å². The van der Waals surface area contributed by atoms with E-state index in [1.807, 2.05) is 12.1 Å². The van der Waals surface area contributed by atoms with Gasteiger partial charge in [-0.25, -0.2) is 0 Å². The average molecular weight is 198 g/mol. The molecule has 1 aromatic carbocycles. The van der Waals surface area contributed by atoms with Crippen LogP contribution in [0.2, 0.25) is 5.02 Å². The quantitative estimate of drug-likeness (QED) is 0.720. The predicted octanol–water partition coefficient (Wildman–Crippen LogP) is 3.10. The maximum absolute atomic E-state index is 6.10. The van der Waals surface area contributed by atoms with Crippen LogP contribution < -0.4 is 0 Å². The fourth-order valence-corrected chi connectivity index (χ4v) is 1.53. The lowest BCUT2D eigenvalue weighted by Gasteiger charge is -2.16. The van der Waals surface area contributed by atoms with E-state index < -0.39 is 0 Å². The number of hydrogen-bond acceptors (Lipinski definition) is 1. The molecule has 72 valence electrons. The molecular formula is C11H16ClN. The van der Waals surface area contributed by atoms with Crippen molar-refractivity contribution in [2.24, 2.45) is 0 Å². The molecule has 0 aliphatic rings. The molecule has 0 aliphatic carbocycles.